The zero-order chi connectivity index (χ0) is 16.5. The van der Waals surface area contributed by atoms with E-state index in [2.05, 4.69) is 5.16 Å². The maximum absolute atomic E-state index is 11.9. The number of carbonyl (C=O) groups is 1. The number of carbonyl (C=O) groups excluding carboxylic acids is 1. The fourth-order valence-corrected chi connectivity index (χ4v) is 1.51. The third-order valence-corrected chi connectivity index (χ3v) is 2.45. The molecule has 0 radical (unpaired) electrons. The van der Waals surface area contributed by atoms with E-state index in [-0.39, 0.29) is 24.5 Å². The quantitative estimate of drug-likeness (QED) is 0.254. The van der Waals surface area contributed by atoms with E-state index in [0.29, 0.717) is 5.56 Å². The number of non-ortho nitro benzene ring substituents is 1. The topological polar surface area (TPSA) is 91.0 Å². The average Bonchev–Trinajstić information content (AvgIpc) is 2.46. The molecule has 1 rings (SSSR count). The smallest absolute Gasteiger partial charge is 0.337 e. The number of oxime groups is 1. The van der Waals surface area contributed by atoms with Gasteiger partial charge in [0.25, 0.3) is 5.69 Å². The van der Waals surface area contributed by atoms with Gasteiger partial charge in [-0.1, -0.05) is 5.16 Å². The Morgan fingerprint density at radius 3 is 2.45 bits per heavy atom. The minimum Gasteiger partial charge on any atom is -0.463 e. The van der Waals surface area contributed by atoms with Crippen LogP contribution in [0.1, 0.15) is 26.3 Å². The molecule has 0 spiro atoms. The third kappa shape index (κ3) is 5.74. The fourth-order valence-electron chi connectivity index (χ4n) is 1.51. The Morgan fingerprint density at radius 1 is 1.32 bits per heavy atom. The van der Waals surface area contributed by atoms with Crippen molar-refractivity contribution in [3.05, 3.63) is 45.5 Å². The maximum Gasteiger partial charge on any atom is 0.337 e. The van der Waals surface area contributed by atoms with Crippen LogP contribution in [0.25, 0.3) is 6.08 Å². The fraction of sp³-hybridized carbons (Fsp3) is 0.333. The highest BCUT2D eigenvalue weighted by molar-refractivity contribution is 5.94. The van der Waals surface area contributed by atoms with E-state index in [1.165, 1.54) is 12.1 Å². The number of nitro benzene ring substituents is 1. The molecule has 1 aromatic rings. The van der Waals surface area contributed by atoms with Crippen molar-refractivity contribution in [1.82, 2.24) is 0 Å². The Bertz CT molecular complexity index is 586. The normalized spacial score (nSPS) is 10.8. The number of ether oxygens (including phenoxy) is 1. The first-order valence-electron chi connectivity index (χ1n) is 6.69. The Kier molecular flexibility index (Phi) is 6.75. The summed E-state index contributed by atoms with van der Waals surface area (Å²) in [7, 11) is 0. The molecule has 0 atom stereocenters. The zero-order valence-corrected chi connectivity index (χ0v) is 12.7. The van der Waals surface area contributed by atoms with Gasteiger partial charge in [-0.3, -0.25) is 10.1 Å². The van der Waals surface area contributed by atoms with Crippen LogP contribution in [0.5, 0.6) is 0 Å². The molecule has 22 heavy (non-hydrogen) atoms. The summed E-state index contributed by atoms with van der Waals surface area (Å²) in [6, 6.07) is 5.82. The molecule has 0 aliphatic rings. The average molecular weight is 306 g/mol. The predicted molar refractivity (Wildman–Crippen MR) is 82.4 cm³/mol. The van der Waals surface area contributed by atoms with Crippen LogP contribution in [0.2, 0.25) is 0 Å². The van der Waals surface area contributed by atoms with E-state index in [1.807, 2.05) is 0 Å². The summed E-state index contributed by atoms with van der Waals surface area (Å²) >= 11 is 0. The van der Waals surface area contributed by atoms with Crippen LogP contribution in [-0.4, -0.2) is 29.8 Å². The van der Waals surface area contributed by atoms with Crippen molar-refractivity contribution in [2.75, 3.05) is 13.2 Å². The lowest BCUT2D eigenvalue weighted by atomic mass is 10.1. The monoisotopic (exact) mass is 306 g/mol. The second-order valence-corrected chi connectivity index (χ2v) is 4.55. The predicted octanol–water partition coefficient (Wildman–Crippen LogP) is 2.95. The molecule has 7 nitrogen and oxygen atoms in total. The molecule has 0 saturated carbocycles. The van der Waals surface area contributed by atoms with Crippen molar-refractivity contribution in [2.24, 2.45) is 5.16 Å². The van der Waals surface area contributed by atoms with E-state index in [0.717, 1.165) is 5.71 Å². The first kappa shape index (κ1) is 17.4. The van der Waals surface area contributed by atoms with Gasteiger partial charge in [0.15, 0.2) is 0 Å². The summed E-state index contributed by atoms with van der Waals surface area (Å²) in [4.78, 5) is 27.1. The Hall–Kier alpha value is -2.70. The lowest BCUT2D eigenvalue weighted by Crippen LogP contribution is -2.11. The molecule has 0 aliphatic heterocycles. The lowest BCUT2D eigenvalue weighted by molar-refractivity contribution is -0.384. The number of esters is 1. The molecule has 0 aliphatic carbocycles. The molecule has 0 unspecified atom stereocenters. The number of nitro groups is 1. The van der Waals surface area contributed by atoms with Crippen LogP contribution < -0.4 is 0 Å². The molecule has 0 amide bonds. The number of hydrogen-bond acceptors (Lipinski definition) is 6. The van der Waals surface area contributed by atoms with Crippen molar-refractivity contribution >= 4 is 23.4 Å². The molecule has 0 aromatic heterocycles. The van der Waals surface area contributed by atoms with Crippen LogP contribution in [0.4, 0.5) is 5.69 Å². The van der Waals surface area contributed by atoms with Gasteiger partial charge in [-0.15, -0.1) is 0 Å². The van der Waals surface area contributed by atoms with Crippen LogP contribution in [-0.2, 0) is 14.4 Å². The minimum atomic E-state index is -0.509. The molecular weight excluding hydrogens is 288 g/mol. The first-order valence-corrected chi connectivity index (χ1v) is 6.69. The summed E-state index contributed by atoms with van der Waals surface area (Å²) < 4.78 is 4.95. The van der Waals surface area contributed by atoms with Crippen molar-refractivity contribution < 1.29 is 19.3 Å². The van der Waals surface area contributed by atoms with Gasteiger partial charge in [0.05, 0.1) is 22.8 Å². The zero-order valence-electron chi connectivity index (χ0n) is 12.7. The first-order chi connectivity index (χ1) is 10.4. The number of nitrogens with zero attached hydrogens (tertiary/aromatic N) is 2. The number of benzene rings is 1. The van der Waals surface area contributed by atoms with Gasteiger partial charge in [-0.05, 0) is 44.5 Å². The van der Waals surface area contributed by atoms with Gasteiger partial charge in [-0.25, -0.2) is 4.79 Å². The summed E-state index contributed by atoms with van der Waals surface area (Å²) in [5.74, 6) is -0.509. The highest BCUT2D eigenvalue weighted by Gasteiger charge is 2.12. The lowest BCUT2D eigenvalue weighted by Gasteiger charge is -2.06. The van der Waals surface area contributed by atoms with Crippen molar-refractivity contribution in [2.45, 2.75) is 20.8 Å². The Morgan fingerprint density at radius 2 is 1.95 bits per heavy atom. The van der Waals surface area contributed by atoms with Crippen LogP contribution >= 0.6 is 0 Å². The Balaban J connectivity index is 2.95. The molecule has 0 bridgehead atoms. The molecule has 0 fully saturated rings. The van der Waals surface area contributed by atoms with E-state index >= 15 is 0 Å². The van der Waals surface area contributed by atoms with Gasteiger partial charge >= 0.3 is 5.97 Å². The molecule has 0 saturated heterocycles. The van der Waals surface area contributed by atoms with E-state index in [9.17, 15) is 14.9 Å². The van der Waals surface area contributed by atoms with Gasteiger partial charge in [0.2, 0.25) is 0 Å². The third-order valence-electron chi connectivity index (χ3n) is 2.45. The van der Waals surface area contributed by atoms with Gasteiger partial charge in [0.1, 0.15) is 6.61 Å². The summed E-state index contributed by atoms with van der Waals surface area (Å²) in [6.07, 6.45) is 1.56. The summed E-state index contributed by atoms with van der Waals surface area (Å²) in [5, 5.41) is 14.4. The molecule has 0 N–H and O–H groups in total. The van der Waals surface area contributed by atoms with Crippen LogP contribution in [0.3, 0.4) is 0 Å². The molecule has 1 aromatic carbocycles. The summed E-state index contributed by atoms with van der Waals surface area (Å²) in [6.45, 7) is 5.44. The Labute approximate surface area is 128 Å². The molecule has 0 heterocycles. The van der Waals surface area contributed by atoms with Crippen molar-refractivity contribution in [3.63, 3.8) is 0 Å². The van der Waals surface area contributed by atoms with E-state index in [4.69, 9.17) is 9.57 Å². The van der Waals surface area contributed by atoms with Crippen LogP contribution in [0.15, 0.2) is 35.0 Å². The number of rotatable bonds is 7. The SMILES string of the molecule is CCOC(=O)/C(=C/c1ccc([N+](=O)[O-])cc1)CON=C(C)C. The van der Waals surface area contributed by atoms with E-state index in [1.54, 1.807) is 39.0 Å². The second-order valence-electron chi connectivity index (χ2n) is 4.55. The van der Waals surface area contributed by atoms with Gasteiger partial charge in [-0.2, -0.15) is 0 Å². The van der Waals surface area contributed by atoms with Gasteiger partial charge in [0, 0.05) is 12.1 Å². The highest BCUT2D eigenvalue weighted by atomic mass is 16.6. The van der Waals surface area contributed by atoms with Crippen molar-refractivity contribution in [1.29, 1.82) is 0 Å². The van der Waals surface area contributed by atoms with Gasteiger partial charge < -0.3 is 9.57 Å². The summed E-state index contributed by atoms with van der Waals surface area (Å²) in [5.41, 5.74) is 1.62. The maximum atomic E-state index is 11.9. The second kappa shape index (κ2) is 8.56. The minimum absolute atomic E-state index is 0.0164. The van der Waals surface area contributed by atoms with Crippen LogP contribution in [0, 0.1) is 10.1 Å². The molecular formula is C15H18N2O5. The van der Waals surface area contributed by atoms with Crippen molar-refractivity contribution in [3.8, 4) is 0 Å². The molecule has 7 heteroatoms. The number of hydrogen-bond donors (Lipinski definition) is 0. The largest absolute Gasteiger partial charge is 0.463 e. The molecule has 118 valence electrons. The highest BCUT2D eigenvalue weighted by Crippen LogP contribution is 2.15. The standard InChI is InChI=1S/C15H18N2O5/c1-4-21-15(18)13(10-22-16-11(2)3)9-12-5-7-14(8-6-12)17(19)20/h5-9H,4,10H2,1-3H3/b13-9+. The van der Waals surface area contributed by atoms with E-state index < -0.39 is 10.9 Å².